The Morgan fingerprint density at radius 3 is 2.61 bits per heavy atom. The molecule has 9 nitrogen and oxygen atoms in total. The zero-order chi connectivity index (χ0) is 20.3. The molecule has 1 saturated heterocycles. The van der Waals surface area contributed by atoms with Crippen molar-refractivity contribution in [1.29, 1.82) is 0 Å². The number of hydrogen-bond acceptors (Lipinski definition) is 7. The van der Waals surface area contributed by atoms with Crippen molar-refractivity contribution in [2.24, 2.45) is 0 Å². The van der Waals surface area contributed by atoms with Crippen molar-refractivity contribution >= 4 is 34.5 Å². The second-order valence-corrected chi connectivity index (χ2v) is 7.17. The maximum Gasteiger partial charge on any atom is 0.258 e. The van der Waals surface area contributed by atoms with Crippen LogP contribution < -0.4 is 15.0 Å². The number of thioether (sulfide) groups is 1. The topological polar surface area (TPSA) is 105 Å². The van der Waals surface area contributed by atoms with Crippen LogP contribution >= 0.6 is 11.8 Å². The summed E-state index contributed by atoms with van der Waals surface area (Å²) in [5.41, 5.74) is 0.126. The SMILES string of the molecule is CCN(Cc1nc2cc(OC)c(OC)cc2c(=O)[nH]1)C(=O)CN1CSCC1=O. The zero-order valence-electron chi connectivity index (χ0n) is 16.0. The first-order valence-corrected chi connectivity index (χ1v) is 9.90. The van der Waals surface area contributed by atoms with Gasteiger partial charge in [0.2, 0.25) is 11.8 Å². The molecule has 0 aliphatic carbocycles. The van der Waals surface area contributed by atoms with E-state index in [0.29, 0.717) is 46.4 Å². The van der Waals surface area contributed by atoms with Gasteiger partial charge in [-0.3, -0.25) is 14.4 Å². The maximum absolute atomic E-state index is 12.6. The third kappa shape index (κ3) is 4.06. The molecular formula is C18H22N4O5S. The molecule has 28 heavy (non-hydrogen) atoms. The number of amides is 2. The molecule has 0 saturated carbocycles. The molecule has 0 unspecified atom stereocenters. The number of aromatic nitrogens is 2. The van der Waals surface area contributed by atoms with Gasteiger partial charge in [0, 0.05) is 12.6 Å². The first-order valence-electron chi connectivity index (χ1n) is 8.75. The molecule has 1 aliphatic rings. The van der Waals surface area contributed by atoms with Crippen molar-refractivity contribution in [3.8, 4) is 11.5 Å². The van der Waals surface area contributed by atoms with Crippen molar-refractivity contribution in [3.63, 3.8) is 0 Å². The van der Waals surface area contributed by atoms with Gasteiger partial charge in [-0.05, 0) is 13.0 Å². The van der Waals surface area contributed by atoms with Gasteiger partial charge >= 0.3 is 0 Å². The van der Waals surface area contributed by atoms with Gasteiger partial charge in [-0.15, -0.1) is 11.8 Å². The number of nitrogens with zero attached hydrogens (tertiary/aromatic N) is 3. The molecule has 0 spiro atoms. The third-order valence-electron chi connectivity index (χ3n) is 4.49. The summed E-state index contributed by atoms with van der Waals surface area (Å²) in [6.07, 6.45) is 0. The van der Waals surface area contributed by atoms with Crippen LogP contribution in [-0.4, -0.2) is 70.5 Å². The molecule has 1 aromatic heterocycles. The van der Waals surface area contributed by atoms with Gasteiger partial charge in [0.05, 0.1) is 43.3 Å². The van der Waals surface area contributed by atoms with Gasteiger partial charge in [0.25, 0.3) is 5.56 Å². The predicted octanol–water partition coefficient (Wildman–Crippen LogP) is 0.822. The molecule has 0 radical (unpaired) electrons. The Labute approximate surface area is 166 Å². The fourth-order valence-electron chi connectivity index (χ4n) is 2.95. The lowest BCUT2D eigenvalue weighted by molar-refractivity contribution is -0.138. The molecule has 0 atom stereocenters. The van der Waals surface area contributed by atoms with Crippen molar-refractivity contribution < 1.29 is 19.1 Å². The molecular weight excluding hydrogens is 384 g/mol. The standard InChI is InChI=1S/C18H22N4O5S/c1-4-21(16(23)8-22-10-28-9-17(22)24)7-15-19-12-6-14(27-3)13(26-2)5-11(12)18(25)20-15/h5-6H,4,7-10H2,1-3H3,(H,19,20,25). The van der Waals surface area contributed by atoms with Crippen molar-refractivity contribution in [2.45, 2.75) is 13.5 Å². The van der Waals surface area contributed by atoms with Crippen molar-refractivity contribution in [3.05, 3.63) is 28.3 Å². The number of likely N-dealkylation sites (N-methyl/N-ethyl adjacent to an activating group) is 1. The largest absolute Gasteiger partial charge is 0.493 e. The fraction of sp³-hybridized carbons (Fsp3) is 0.444. The van der Waals surface area contributed by atoms with E-state index in [1.165, 1.54) is 30.9 Å². The monoisotopic (exact) mass is 406 g/mol. The van der Waals surface area contributed by atoms with E-state index in [2.05, 4.69) is 9.97 Å². The minimum absolute atomic E-state index is 0.0303. The number of fused-ring (bicyclic) bond motifs is 1. The Morgan fingerprint density at radius 2 is 2.00 bits per heavy atom. The molecule has 2 amide bonds. The Kier molecular flexibility index (Phi) is 6.08. The second kappa shape index (κ2) is 8.51. The number of methoxy groups -OCH3 is 2. The Morgan fingerprint density at radius 1 is 1.29 bits per heavy atom. The zero-order valence-corrected chi connectivity index (χ0v) is 16.8. The molecule has 150 valence electrons. The fourth-order valence-corrected chi connectivity index (χ4v) is 3.85. The highest BCUT2D eigenvalue weighted by molar-refractivity contribution is 8.00. The first-order chi connectivity index (χ1) is 13.5. The predicted molar refractivity (Wildman–Crippen MR) is 106 cm³/mol. The van der Waals surface area contributed by atoms with Gasteiger partial charge in [0.15, 0.2) is 11.5 Å². The minimum Gasteiger partial charge on any atom is -0.493 e. The number of hydrogen-bond donors (Lipinski definition) is 1. The summed E-state index contributed by atoms with van der Waals surface area (Å²) >= 11 is 1.49. The third-order valence-corrected chi connectivity index (χ3v) is 5.43. The molecule has 2 heterocycles. The van der Waals surface area contributed by atoms with Gasteiger partial charge in [-0.2, -0.15) is 0 Å². The van der Waals surface area contributed by atoms with E-state index in [0.717, 1.165) is 0 Å². The van der Waals surface area contributed by atoms with E-state index in [1.54, 1.807) is 17.0 Å². The Balaban J connectivity index is 1.84. The van der Waals surface area contributed by atoms with E-state index in [1.807, 2.05) is 6.92 Å². The summed E-state index contributed by atoms with van der Waals surface area (Å²) in [7, 11) is 3.00. The van der Waals surface area contributed by atoms with Crippen LogP contribution in [0.25, 0.3) is 10.9 Å². The van der Waals surface area contributed by atoms with Gasteiger partial charge in [0.1, 0.15) is 12.4 Å². The quantitative estimate of drug-likeness (QED) is 0.726. The van der Waals surface area contributed by atoms with Crippen LogP contribution in [0.15, 0.2) is 16.9 Å². The molecule has 10 heteroatoms. The number of benzene rings is 1. The summed E-state index contributed by atoms with van der Waals surface area (Å²) in [5, 5.41) is 0.371. The summed E-state index contributed by atoms with van der Waals surface area (Å²) in [4.78, 5) is 47.1. The van der Waals surface area contributed by atoms with Gasteiger partial charge < -0.3 is 24.3 Å². The summed E-state index contributed by atoms with van der Waals surface area (Å²) in [5.74, 6) is 1.98. The lowest BCUT2D eigenvalue weighted by Gasteiger charge is -2.23. The number of carbonyl (C=O) groups excluding carboxylic acids is 2. The van der Waals surface area contributed by atoms with Crippen LogP contribution in [0.3, 0.4) is 0 Å². The summed E-state index contributed by atoms with van der Waals surface area (Å²) < 4.78 is 10.5. The average Bonchev–Trinajstić information content (AvgIpc) is 3.09. The maximum atomic E-state index is 12.6. The summed E-state index contributed by atoms with van der Waals surface area (Å²) in [6, 6.07) is 3.20. The van der Waals surface area contributed by atoms with E-state index in [4.69, 9.17) is 9.47 Å². The molecule has 1 N–H and O–H groups in total. The van der Waals surface area contributed by atoms with Crippen molar-refractivity contribution in [1.82, 2.24) is 19.8 Å². The highest BCUT2D eigenvalue weighted by atomic mass is 32.2. The molecule has 2 aromatic rings. The van der Waals surface area contributed by atoms with Crippen LogP contribution in [0.1, 0.15) is 12.7 Å². The highest BCUT2D eigenvalue weighted by Gasteiger charge is 2.25. The van der Waals surface area contributed by atoms with Crippen LogP contribution in [0, 0.1) is 0 Å². The summed E-state index contributed by atoms with van der Waals surface area (Å²) in [6.45, 7) is 2.44. The molecule has 1 aromatic carbocycles. The van der Waals surface area contributed by atoms with E-state index in [-0.39, 0.29) is 30.5 Å². The number of rotatable bonds is 7. The average molecular weight is 406 g/mol. The van der Waals surface area contributed by atoms with Crippen molar-refractivity contribution in [2.75, 3.05) is 38.9 Å². The molecule has 3 rings (SSSR count). The van der Waals surface area contributed by atoms with E-state index >= 15 is 0 Å². The van der Waals surface area contributed by atoms with Crippen LogP contribution in [-0.2, 0) is 16.1 Å². The minimum atomic E-state index is -0.324. The number of carbonyl (C=O) groups is 2. The smallest absolute Gasteiger partial charge is 0.258 e. The number of aromatic amines is 1. The van der Waals surface area contributed by atoms with Gasteiger partial charge in [-0.1, -0.05) is 0 Å². The van der Waals surface area contributed by atoms with E-state index < -0.39 is 0 Å². The van der Waals surface area contributed by atoms with Crippen LogP contribution in [0.4, 0.5) is 0 Å². The highest BCUT2D eigenvalue weighted by Crippen LogP contribution is 2.29. The molecule has 1 aliphatic heterocycles. The normalized spacial score (nSPS) is 13.8. The van der Waals surface area contributed by atoms with Crippen LogP contribution in [0.5, 0.6) is 11.5 Å². The Hall–Kier alpha value is -2.75. The molecule has 1 fully saturated rings. The number of H-pyrrole nitrogens is 1. The van der Waals surface area contributed by atoms with E-state index in [9.17, 15) is 14.4 Å². The lowest BCUT2D eigenvalue weighted by atomic mass is 10.2. The number of nitrogens with one attached hydrogen (secondary N) is 1. The number of ether oxygens (including phenoxy) is 2. The lowest BCUT2D eigenvalue weighted by Crippen LogP contribution is -2.41. The second-order valence-electron chi connectivity index (χ2n) is 6.21. The Bertz CT molecular complexity index is 961. The first kappa shape index (κ1) is 20.0. The molecule has 0 bridgehead atoms. The van der Waals surface area contributed by atoms with Crippen LogP contribution in [0.2, 0.25) is 0 Å². The van der Waals surface area contributed by atoms with Gasteiger partial charge in [-0.25, -0.2) is 4.98 Å².